The molecule has 1 aromatic heterocycles. The van der Waals surface area contributed by atoms with Crippen LogP contribution < -0.4 is 20.3 Å². The van der Waals surface area contributed by atoms with E-state index in [1.807, 2.05) is 6.07 Å². The van der Waals surface area contributed by atoms with Crippen LogP contribution in [0.2, 0.25) is 0 Å². The second kappa shape index (κ2) is 12.1. The van der Waals surface area contributed by atoms with Gasteiger partial charge in [-0.15, -0.1) is 0 Å². The van der Waals surface area contributed by atoms with Crippen molar-refractivity contribution in [2.75, 3.05) is 18.6 Å². The van der Waals surface area contributed by atoms with E-state index >= 15 is 0 Å². The van der Waals surface area contributed by atoms with E-state index in [0.717, 1.165) is 32.1 Å². The summed E-state index contributed by atoms with van der Waals surface area (Å²) in [6, 6.07) is 18.4. The molecule has 1 aliphatic carbocycles. The van der Waals surface area contributed by atoms with Crippen molar-refractivity contribution < 1.29 is 23.5 Å². The Morgan fingerprint density at radius 3 is 2.47 bits per heavy atom. The lowest BCUT2D eigenvalue weighted by molar-refractivity contribution is -0.127. The number of ether oxygens (including phenoxy) is 1. The number of benzene rings is 2. The van der Waals surface area contributed by atoms with E-state index in [9.17, 15) is 14.4 Å². The number of nitrogens with one attached hydrogen (secondary N) is 2. The van der Waals surface area contributed by atoms with Crippen LogP contribution in [-0.2, 0) is 9.59 Å². The second-order valence-electron chi connectivity index (χ2n) is 8.78. The lowest BCUT2D eigenvalue weighted by atomic mass is 9.94. The summed E-state index contributed by atoms with van der Waals surface area (Å²) in [6.07, 6.45) is 6.51. The van der Waals surface area contributed by atoms with Gasteiger partial charge in [-0.1, -0.05) is 49.6 Å². The van der Waals surface area contributed by atoms with Crippen molar-refractivity contribution in [1.29, 1.82) is 0 Å². The van der Waals surface area contributed by atoms with Crippen molar-refractivity contribution in [3.63, 3.8) is 0 Å². The van der Waals surface area contributed by atoms with Gasteiger partial charge in [0.05, 0.1) is 19.9 Å². The number of carbonyl (C=O) groups is 3. The first kappa shape index (κ1) is 25.0. The molecular weight excluding hydrogens is 458 g/mol. The summed E-state index contributed by atoms with van der Waals surface area (Å²) >= 11 is 0. The van der Waals surface area contributed by atoms with Gasteiger partial charge in [0.25, 0.3) is 5.91 Å². The molecule has 3 amide bonds. The Balaban J connectivity index is 1.67. The smallest absolute Gasteiger partial charge is 0.287 e. The number of rotatable bonds is 9. The SMILES string of the molecule is COc1cccc([C@H](C(=O)NC2CCCCC2)N(C(=O)CNC(=O)c2ccco2)c2ccccc2)c1. The number of anilines is 1. The molecule has 2 aromatic carbocycles. The molecule has 4 rings (SSSR count). The fourth-order valence-electron chi connectivity index (χ4n) is 4.52. The third kappa shape index (κ3) is 6.13. The summed E-state index contributed by atoms with van der Waals surface area (Å²) in [4.78, 5) is 41.3. The van der Waals surface area contributed by atoms with Crippen molar-refractivity contribution >= 4 is 23.4 Å². The van der Waals surface area contributed by atoms with Crippen molar-refractivity contribution in [3.05, 3.63) is 84.3 Å². The first-order valence-corrected chi connectivity index (χ1v) is 12.2. The molecule has 0 bridgehead atoms. The molecule has 2 N–H and O–H groups in total. The highest BCUT2D eigenvalue weighted by Crippen LogP contribution is 2.30. The van der Waals surface area contributed by atoms with Crippen LogP contribution in [0.15, 0.2) is 77.4 Å². The zero-order chi connectivity index (χ0) is 25.3. The van der Waals surface area contributed by atoms with Crippen molar-refractivity contribution in [3.8, 4) is 5.75 Å². The molecule has 1 aliphatic rings. The Kier molecular flexibility index (Phi) is 8.39. The Morgan fingerprint density at radius 1 is 1.00 bits per heavy atom. The van der Waals surface area contributed by atoms with Gasteiger partial charge >= 0.3 is 0 Å². The van der Waals surface area contributed by atoms with Gasteiger partial charge in [-0.25, -0.2) is 0 Å². The fourth-order valence-corrected chi connectivity index (χ4v) is 4.52. The van der Waals surface area contributed by atoms with Crippen LogP contribution in [0.4, 0.5) is 5.69 Å². The standard InChI is InChI=1S/C28H31N3O5/c1-35-23-15-8-10-20(18-23)26(28(34)30-21-11-4-2-5-12-21)31(22-13-6-3-7-14-22)25(32)19-29-27(33)24-16-9-17-36-24/h3,6-10,13-18,21,26H,2,4-5,11-12,19H2,1H3,(H,29,33)(H,30,34)/t26-/m1/s1. The number of hydrogen-bond acceptors (Lipinski definition) is 5. The molecule has 1 fully saturated rings. The highest BCUT2D eigenvalue weighted by molar-refractivity contribution is 6.04. The van der Waals surface area contributed by atoms with Gasteiger partial charge < -0.3 is 19.8 Å². The summed E-state index contributed by atoms with van der Waals surface area (Å²) in [6.45, 7) is -0.314. The van der Waals surface area contributed by atoms with E-state index in [1.54, 1.807) is 61.7 Å². The van der Waals surface area contributed by atoms with E-state index in [1.165, 1.54) is 17.2 Å². The molecule has 3 aromatic rings. The van der Waals surface area contributed by atoms with E-state index < -0.39 is 17.9 Å². The zero-order valence-electron chi connectivity index (χ0n) is 20.3. The van der Waals surface area contributed by atoms with Crippen LogP contribution in [0, 0.1) is 0 Å². The third-order valence-corrected chi connectivity index (χ3v) is 6.32. The Morgan fingerprint density at radius 2 is 1.78 bits per heavy atom. The van der Waals surface area contributed by atoms with Gasteiger partial charge in [-0.2, -0.15) is 0 Å². The second-order valence-corrected chi connectivity index (χ2v) is 8.78. The minimum Gasteiger partial charge on any atom is -0.497 e. The van der Waals surface area contributed by atoms with Crippen LogP contribution in [0.1, 0.15) is 54.3 Å². The molecule has 0 radical (unpaired) electrons. The first-order chi connectivity index (χ1) is 17.6. The molecule has 0 saturated heterocycles. The third-order valence-electron chi connectivity index (χ3n) is 6.32. The lowest BCUT2D eigenvalue weighted by Gasteiger charge is -2.33. The minimum absolute atomic E-state index is 0.0609. The van der Waals surface area contributed by atoms with E-state index in [4.69, 9.17) is 9.15 Å². The molecule has 8 nitrogen and oxygen atoms in total. The topological polar surface area (TPSA) is 101 Å². The summed E-state index contributed by atoms with van der Waals surface area (Å²) in [5, 5.41) is 5.78. The van der Waals surface area contributed by atoms with Crippen LogP contribution in [0.25, 0.3) is 0 Å². The first-order valence-electron chi connectivity index (χ1n) is 12.2. The predicted molar refractivity (Wildman–Crippen MR) is 136 cm³/mol. The molecule has 0 spiro atoms. The molecule has 8 heteroatoms. The van der Waals surface area contributed by atoms with Crippen molar-refractivity contribution in [2.45, 2.75) is 44.2 Å². The number of amides is 3. The lowest BCUT2D eigenvalue weighted by Crippen LogP contribution is -2.49. The highest BCUT2D eigenvalue weighted by atomic mass is 16.5. The maximum Gasteiger partial charge on any atom is 0.287 e. The molecule has 36 heavy (non-hydrogen) atoms. The number of hydrogen-bond donors (Lipinski definition) is 2. The maximum atomic E-state index is 13.8. The summed E-state index contributed by atoms with van der Waals surface area (Å²) in [5.74, 6) is -0.536. The molecule has 0 unspecified atom stereocenters. The molecule has 188 valence electrons. The fraction of sp³-hybridized carbons (Fsp3) is 0.321. The van der Waals surface area contributed by atoms with Gasteiger partial charge in [-0.05, 0) is 54.8 Å². The van der Waals surface area contributed by atoms with Crippen LogP contribution in [-0.4, -0.2) is 37.4 Å². The molecule has 1 heterocycles. The minimum atomic E-state index is -0.961. The average Bonchev–Trinajstić information content (AvgIpc) is 3.46. The van der Waals surface area contributed by atoms with E-state index in [0.29, 0.717) is 17.0 Å². The highest BCUT2D eigenvalue weighted by Gasteiger charge is 2.34. The Bertz CT molecular complexity index is 1160. The predicted octanol–water partition coefficient (Wildman–Crippen LogP) is 4.24. The Hall–Kier alpha value is -4.07. The maximum absolute atomic E-state index is 13.8. The number of carbonyl (C=O) groups excluding carboxylic acids is 3. The average molecular weight is 490 g/mol. The molecule has 0 aliphatic heterocycles. The molecular formula is C28H31N3O5. The Labute approximate surface area is 210 Å². The number of nitrogens with zero attached hydrogens (tertiary/aromatic N) is 1. The number of furan rings is 1. The van der Waals surface area contributed by atoms with Gasteiger partial charge in [0.1, 0.15) is 11.8 Å². The summed E-state index contributed by atoms with van der Waals surface area (Å²) < 4.78 is 10.5. The summed E-state index contributed by atoms with van der Waals surface area (Å²) in [7, 11) is 1.56. The van der Waals surface area contributed by atoms with Gasteiger partial charge in [-0.3, -0.25) is 19.3 Å². The van der Waals surface area contributed by atoms with Gasteiger partial charge in [0, 0.05) is 11.7 Å². The van der Waals surface area contributed by atoms with Gasteiger partial charge in [0.15, 0.2) is 5.76 Å². The number of para-hydroxylation sites is 1. The van der Waals surface area contributed by atoms with Crippen LogP contribution in [0.5, 0.6) is 5.75 Å². The van der Waals surface area contributed by atoms with E-state index in [-0.39, 0.29) is 24.3 Å². The van der Waals surface area contributed by atoms with Crippen molar-refractivity contribution in [2.24, 2.45) is 0 Å². The van der Waals surface area contributed by atoms with Gasteiger partial charge in [0.2, 0.25) is 11.8 Å². The largest absolute Gasteiger partial charge is 0.497 e. The monoisotopic (exact) mass is 489 g/mol. The quantitative estimate of drug-likeness (QED) is 0.468. The molecule has 1 saturated carbocycles. The normalized spacial score (nSPS) is 14.5. The van der Waals surface area contributed by atoms with Crippen LogP contribution >= 0.6 is 0 Å². The van der Waals surface area contributed by atoms with Crippen LogP contribution in [0.3, 0.4) is 0 Å². The number of methoxy groups -OCH3 is 1. The van der Waals surface area contributed by atoms with Crippen molar-refractivity contribution in [1.82, 2.24) is 10.6 Å². The summed E-state index contributed by atoms with van der Waals surface area (Å²) in [5.41, 5.74) is 1.15. The van der Waals surface area contributed by atoms with E-state index in [2.05, 4.69) is 10.6 Å². The zero-order valence-corrected chi connectivity index (χ0v) is 20.3. The molecule has 1 atom stereocenters.